The van der Waals surface area contributed by atoms with Crippen molar-refractivity contribution in [1.29, 1.82) is 0 Å². The summed E-state index contributed by atoms with van der Waals surface area (Å²) in [6.07, 6.45) is 0. The maximum Gasteiger partial charge on any atom is 0.0190 e. The third-order valence-corrected chi connectivity index (χ3v) is 2.85. The van der Waals surface area contributed by atoms with E-state index in [0.717, 1.165) is 19.6 Å². The molecule has 0 radical (unpaired) electrons. The SMILES string of the molecule is CC1CNC(C)CN(C)C(C)CN1. The van der Waals surface area contributed by atoms with Crippen LogP contribution in [0.5, 0.6) is 0 Å². The van der Waals surface area contributed by atoms with Gasteiger partial charge in [0.2, 0.25) is 0 Å². The van der Waals surface area contributed by atoms with Crippen molar-refractivity contribution >= 4 is 0 Å². The van der Waals surface area contributed by atoms with Crippen molar-refractivity contribution in [2.45, 2.75) is 38.9 Å². The third-order valence-electron chi connectivity index (χ3n) is 2.85. The number of likely N-dealkylation sites (N-methyl/N-ethyl adjacent to an activating group) is 1. The largest absolute Gasteiger partial charge is 0.311 e. The van der Waals surface area contributed by atoms with Crippen LogP contribution in [-0.4, -0.2) is 49.7 Å². The van der Waals surface area contributed by atoms with Gasteiger partial charge in [-0.25, -0.2) is 0 Å². The Hall–Kier alpha value is -0.120. The highest BCUT2D eigenvalue weighted by atomic mass is 15.2. The van der Waals surface area contributed by atoms with Gasteiger partial charge >= 0.3 is 0 Å². The number of rotatable bonds is 0. The van der Waals surface area contributed by atoms with E-state index in [-0.39, 0.29) is 0 Å². The molecule has 1 aliphatic heterocycles. The molecule has 1 aliphatic rings. The molecule has 0 aromatic heterocycles. The first-order valence-electron chi connectivity index (χ1n) is 5.26. The van der Waals surface area contributed by atoms with E-state index in [9.17, 15) is 0 Å². The Morgan fingerprint density at radius 3 is 2.31 bits per heavy atom. The van der Waals surface area contributed by atoms with Crippen molar-refractivity contribution in [3.63, 3.8) is 0 Å². The van der Waals surface area contributed by atoms with Crippen LogP contribution in [0.1, 0.15) is 20.8 Å². The lowest BCUT2D eigenvalue weighted by Crippen LogP contribution is -2.41. The molecule has 3 nitrogen and oxygen atoms in total. The van der Waals surface area contributed by atoms with E-state index < -0.39 is 0 Å². The monoisotopic (exact) mass is 185 g/mol. The molecule has 1 saturated heterocycles. The Morgan fingerprint density at radius 1 is 1.00 bits per heavy atom. The molecule has 0 saturated carbocycles. The van der Waals surface area contributed by atoms with E-state index in [0.29, 0.717) is 18.1 Å². The van der Waals surface area contributed by atoms with Gasteiger partial charge in [0, 0.05) is 37.8 Å². The zero-order valence-electron chi connectivity index (χ0n) is 9.30. The highest BCUT2D eigenvalue weighted by Gasteiger charge is 2.16. The van der Waals surface area contributed by atoms with E-state index in [1.54, 1.807) is 0 Å². The lowest BCUT2D eigenvalue weighted by atomic mass is 10.2. The van der Waals surface area contributed by atoms with Crippen LogP contribution in [0.25, 0.3) is 0 Å². The molecule has 2 N–H and O–H groups in total. The van der Waals surface area contributed by atoms with Crippen LogP contribution < -0.4 is 10.6 Å². The molecule has 78 valence electrons. The summed E-state index contributed by atoms with van der Waals surface area (Å²) in [6, 6.07) is 1.80. The van der Waals surface area contributed by atoms with Gasteiger partial charge in [0.15, 0.2) is 0 Å². The van der Waals surface area contributed by atoms with Gasteiger partial charge in [-0.05, 0) is 27.8 Å². The molecule has 0 spiro atoms. The van der Waals surface area contributed by atoms with E-state index in [1.807, 2.05) is 0 Å². The van der Waals surface area contributed by atoms with Gasteiger partial charge in [0.25, 0.3) is 0 Å². The average Bonchev–Trinajstić information content (AvgIpc) is 2.13. The van der Waals surface area contributed by atoms with Crippen molar-refractivity contribution in [2.75, 3.05) is 26.7 Å². The van der Waals surface area contributed by atoms with E-state index in [2.05, 4.69) is 43.4 Å². The highest BCUT2D eigenvalue weighted by molar-refractivity contribution is 4.78. The molecular formula is C10H23N3. The summed E-state index contributed by atoms with van der Waals surface area (Å²) in [4.78, 5) is 2.41. The summed E-state index contributed by atoms with van der Waals surface area (Å²) in [7, 11) is 2.19. The lowest BCUT2D eigenvalue weighted by Gasteiger charge is -2.26. The molecule has 3 heteroatoms. The van der Waals surface area contributed by atoms with Gasteiger partial charge in [-0.2, -0.15) is 0 Å². The van der Waals surface area contributed by atoms with Crippen LogP contribution in [0.4, 0.5) is 0 Å². The van der Waals surface area contributed by atoms with Crippen LogP contribution in [0.2, 0.25) is 0 Å². The fraction of sp³-hybridized carbons (Fsp3) is 1.00. The van der Waals surface area contributed by atoms with E-state index in [1.165, 1.54) is 0 Å². The molecule has 1 rings (SSSR count). The maximum atomic E-state index is 3.52. The number of hydrogen-bond acceptors (Lipinski definition) is 3. The minimum Gasteiger partial charge on any atom is -0.311 e. The van der Waals surface area contributed by atoms with Gasteiger partial charge in [0.1, 0.15) is 0 Å². The minimum atomic E-state index is 0.580. The molecule has 0 amide bonds. The average molecular weight is 185 g/mol. The van der Waals surface area contributed by atoms with Gasteiger partial charge in [-0.3, -0.25) is 0 Å². The number of hydrogen-bond donors (Lipinski definition) is 2. The molecule has 3 unspecified atom stereocenters. The van der Waals surface area contributed by atoms with E-state index in [4.69, 9.17) is 0 Å². The molecule has 13 heavy (non-hydrogen) atoms. The molecule has 0 bridgehead atoms. The first-order valence-corrected chi connectivity index (χ1v) is 5.26. The first-order chi connectivity index (χ1) is 6.09. The fourth-order valence-corrected chi connectivity index (χ4v) is 1.65. The van der Waals surface area contributed by atoms with Crippen LogP contribution in [0, 0.1) is 0 Å². The van der Waals surface area contributed by atoms with Crippen LogP contribution in [0.3, 0.4) is 0 Å². The van der Waals surface area contributed by atoms with Crippen LogP contribution >= 0.6 is 0 Å². The number of nitrogens with zero attached hydrogens (tertiary/aromatic N) is 1. The maximum absolute atomic E-state index is 3.52. The van der Waals surface area contributed by atoms with Crippen molar-refractivity contribution in [1.82, 2.24) is 15.5 Å². The van der Waals surface area contributed by atoms with Gasteiger partial charge in [0.05, 0.1) is 0 Å². The predicted octanol–water partition coefficient (Wildman–Crippen LogP) is 0.277. The second-order valence-electron chi connectivity index (χ2n) is 4.41. The molecular weight excluding hydrogens is 162 g/mol. The van der Waals surface area contributed by atoms with Gasteiger partial charge in [-0.15, -0.1) is 0 Å². The molecule has 0 aromatic carbocycles. The Morgan fingerprint density at radius 2 is 1.62 bits per heavy atom. The quantitative estimate of drug-likeness (QED) is 0.567. The zero-order valence-corrected chi connectivity index (χ0v) is 9.30. The van der Waals surface area contributed by atoms with Crippen molar-refractivity contribution in [2.24, 2.45) is 0 Å². The predicted molar refractivity (Wildman–Crippen MR) is 57.0 cm³/mol. The van der Waals surface area contributed by atoms with Crippen molar-refractivity contribution < 1.29 is 0 Å². The molecule has 1 fully saturated rings. The zero-order chi connectivity index (χ0) is 9.84. The van der Waals surface area contributed by atoms with E-state index >= 15 is 0 Å². The Bertz CT molecular complexity index is 149. The molecule has 0 aromatic rings. The summed E-state index contributed by atoms with van der Waals surface area (Å²) < 4.78 is 0. The Kier molecular flexibility index (Phi) is 4.16. The van der Waals surface area contributed by atoms with Gasteiger partial charge < -0.3 is 15.5 Å². The second kappa shape index (κ2) is 4.94. The Balaban J connectivity index is 2.48. The summed E-state index contributed by atoms with van der Waals surface area (Å²) in [5.41, 5.74) is 0. The molecule has 1 heterocycles. The van der Waals surface area contributed by atoms with Crippen molar-refractivity contribution in [3.05, 3.63) is 0 Å². The molecule has 0 aliphatic carbocycles. The fourth-order valence-electron chi connectivity index (χ4n) is 1.65. The first kappa shape index (κ1) is 11.0. The topological polar surface area (TPSA) is 27.3 Å². The number of nitrogens with one attached hydrogen (secondary N) is 2. The Labute approximate surface area is 81.9 Å². The van der Waals surface area contributed by atoms with Gasteiger partial charge in [-0.1, -0.05) is 0 Å². The molecule has 3 atom stereocenters. The summed E-state index contributed by atoms with van der Waals surface area (Å²) in [6.45, 7) is 10.1. The minimum absolute atomic E-state index is 0.580. The highest BCUT2D eigenvalue weighted by Crippen LogP contribution is 1.99. The standard InChI is InChI=1S/C10H23N3/c1-8-5-11-9(2)7-13(4)10(3)6-12-8/h8-12H,5-7H2,1-4H3. The second-order valence-corrected chi connectivity index (χ2v) is 4.41. The summed E-state index contributed by atoms with van der Waals surface area (Å²) >= 11 is 0. The van der Waals surface area contributed by atoms with Crippen LogP contribution in [-0.2, 0) is 0 Å². The summed E-state index contributed by atoms with van der Waals surface area (Å²) in [5.74, 6) is 0. The lowest BCUT2D eigenvalue weighted by molar-refractivity contribution is 0.238. The normalized spacial score (nSPS) is 39.2. The van der Waals surface area contributed by atoms with Crippen molar-refractivity contribution in [3.8, 4) is 0 Å². The third kappa shape index (κ3) is 3.63. The smallest absolute Gasteiger partial charge is 0.0190 e. The summed E-state index contributed by atoms with van der Waals surface area (Å²) in [5, 5.41) is 7.04. The van der Waals surface area contributed by atoms with Crippen LogP contribution in [0.15, 0.2) is 0 Å².